The molecule has 0 bridgehead atoms. The molecule has 1 aliphatic carbocycles. The first-order valence-electron chi connectivity index (χ1n) is 48.9. The van der Waals surface area contributed by atoms with Crippen LogP contribution in [0.25, 0.3) is 66.2 Å². The first-order valence-corrected chi connectivity index (χ1v) is 52.1. The van der Waals surface area contributed by atoms with E-state index >= 15 is 0 Å². The van der Waals surface area contributed by atoms with Crippen LogP contribution in [-0.2, 0) is 15.7 Å². The van der Waals surface area contributed by atoms with Gasteiger partial charge in [-0.3, -0.25) is 43.9 Å². The highest BCUT2D eigenvalue weighted by atomic mass is 79.9. The maximum Gasteiger partial charge on any atom is 0.419 e. The number of pyridine rings is 7. The van der Waals surface area contributed by atoms with Gasteiger partial charge in [0.15, 0.2) is 0 Å². The van der Waals surface area contributed by atoms with E-state index in [0.717, 1.165) is 217 Å². The second-order valence-corrected chi connectivity index (χ2v) is 41.5. The van der Waals surface area contributed by atoms with Crippen molar-refractivity contribution in [2.75, 3.05) is 130 Å². The van der Waals surface area contributed by atoms with Crippen molar-refractivity contribution in [3.8, 4) is 0 Å². The van der Waals surface area contributed by atoms with Crippen molar-refractivity contribution in [2.45, 2.75) is 147 Å². The van der Waals surface area contributed by atoms with Gasteiger partial charge in [0.2, 0.25) is 5.91 Å². The van der Waals surface area contributed by atoms with Crippen LogP contribution in [-0.4, -0.2) is 206 Å². The zero-order valence-electron chi connectivity index (χ0n) is 79.6. The molecule has 42 heteroatoms. The normalized spacial score (nSPS) is 18.7. The molecule has 6 atom stereocenters. The van der Waals surface area contributed by atoms with Crippen LogP contribution < -0.4 is 68.3 Å². The van der Waals surface area contributed by atoms with Crippen molar-refractivity contribution in [3.63, 3.8) is 0 Å². The number of fused-ring (bicyclic) bond motifs is 6. The molecule has 1 saturated carbocycles. The van der Waals surface area contributed by atoms with Crippen LogP contribution in [0.3, 0.4) is 0 Å². The molecule has 14 aromatic heterocycles. The standard InChI is InChI=1S/C23H26BrN5O.C23H28BrN5O.C21H20BrN7O.C18H18F3N7O.C17H22BrN5O2/c24-18-12-26-22-20(19(13-27-22)28-23(30)17-4-1-9-25-11-17)21(18)29-10-2-3-16(14-29)8-7-15-5-6-15;1-15(2)7-8-16-5-4-10-29(14-16)21-18(24)12-26-22-20(21)19(13-27-22)28-23(30)17-6-3-9-25-11-17;22-13-8-25-20-18(19(13)29-7-3-4-12(23)11-29)16(9-26-20)28-21(30)17-10-24-14-5-1-2-6-15(14)27-17;19-18(20,21)11-6-25-16-14(15(11)28-5-1-2-10(22)9-28)12(8-26-16)27-17(29)13-7-23-3-4-24-13;18-12-6-20-16-14(15(12)23-4-1-2-11(19)8-23)13(7-21-16)22-17(24)10-3-5-25-9-10/h1,4,9,11-13,15-16H,2-3,5-8,10,14H2,(H,26,27)(H,28,30);3,6,9,11-13,15-16H,4-5,7-8,10,14H2,1-2H3,(H,26,27)(H,28,30);1-2,5-6,8-10,12H,3-4,7,11,23H2,(H,25,26)(H,28,30);3-4,6-8,10H,1-2,5,9,22H2,(H,25,26)(H,27,29);6-7,10-11H,1-5,8-9,19H2,(H,20,21)(H,22,24)/t2*16-;12-;10-;10?,11-/m00111/s1. The van der Waals surface area contributed by atoms with Crippen LogP contribution >= 0.6 is 63.7 Å². The lowest BCUT2D eigenvalue weighted by atomic mass is 9.90. The number of para-hydroxylation sites is 2. The van der Waals surface area contributed by atoms with E-state index < -0.39 is 17.6 Å². The van der Waals surface area contributed by atoms with Gasteiger partial charge in [-0.2, -0.15) is 13.2 Å². The van der Waals surface area contributed by atoms with Gasteiger partial charge in [-0.1, -0.05) is 51.7 Å². The number of ether oxygens (including phenoxy) is 1. The third kappa shape index (κ3) is 24.1. The Morgan fingerprint density at radius 1 is 0.410 bits per heavy atom. The molecule has 1 aromatic carbocycles. The maximum absolute atomic E-state index is 13.8. The molecule has 0 spiro atoms. The predicted molar refractivity (Wildman–Crippen MR) is 570 cm³/mol. The van der Waals surface area contributed by atoms with Crippen molar-refractivity contribution in [2.24, 2.45) is 46.8 Å². The van der Waals surface area contributed by atoms with Gasteiger partial charge in [0.05, 0.1) is 154 Å². The molecule has 6 saturated heterocycles. The number of amides is 5. The summed E-state index contributed by atoms with van der Waals surface area (Å²) >= 11 is 14.7. The smallest absolute Gasteiger partial charge is 0.381 e. The number of nitrogens with one attached hydrogen (secondary N) is 10. The first-order chi connectivity index (χ1) is 69.8. The fourth-order valence-electron chi connectivity index (χ4n) is 19.9. The van der Waals surface area contributed by atoms with E-state index in [4.69, 9.17) is 21.9 Å². The Balaban J connectivity index is 0.000000119. The fraction of sp³-hybridized carbons (Fsp3) is 0.392. The molecule has 6 aliphatic heterocycles. The Labute approximate surface area is 861 Å². The number of benzene rings is 1. The minimum Gasteiger partial charge on any atom is -0.381 e. The summed E-state index contributed by atoms with van der Waals surface area (Å²) in [7, 11) is 0. The lowest BCUT2D eigenvalue weighted by Gasteiger charge is -2.35. The summed E-state index contributed by atoms with van der Waals surface area (Å²) < 4.78 is 50.4. The molecule has 752 valence electrons. The molecular formula is C102H114Br4F3N29O6. The van der Waals surface area contributed by atoms with Gasteiger partial charge in [0.25, 0.3) is 23.6 Å². The topological polar surface area (TPSA) is 470 Å². The molecule has 1 unspecified atom stereocenters. The Morgan fingerprint density at radius 2 is 0.806 bits per heavy atom. The lowest BCUT2D eigenvalue weighted by molar-refractivity contribution is -0.137. The Kier molecular flexibility index (Phi) is 32.5. The van der Waals surface area contributed by atoms with Crippen molar-refractivity contribution in [1.29, 1.82) is 0 Å². The second-order valence-electron chi connectivity index (χ2n) is 38.1. The molecule has 35 nitrogen and oxygen atoms in total. The number of alkyl halides is 3. The molecule has 22 rings (SSSR count). The number of rotatable bonds is 21. The zero-order chi connectivity index (χ0) is 100. The average molecular weight is 2220 g/mol. The van der Waals surface area contributed by atoms with E-state index in [1.165, 1.54) is 95.2 Å². The van der Waals surface area contributed by atoms with Crippen LogP contribution in [0.15, 0.2) is 178 Å². The molecule has 20 heterocycles. The zero-order valence-corrected chi connectivity index (χ0v) is 86.0. The number of halogens is 7. The molecule has 16 N–H and O–H groups in total. The predicted octanol–water partition coefficient (Wildman–Crippen LogP) is 19.2. The van der Waals surface area contributed by atoms with Gasteiger partial charge in [-0.25, -0.2) is 34.9 Å². The summed E-state index contributed by atoms with van der Waals surface area (Å²) in [6, 6.07) is 14.6. The maximum atomic E-state index is 13.8. The summed E-state index contributed by atoms with van der Waals surface area (Å²) in [6.07, 6.45) is 43.5. The van der Waals surface area contributed by atoms with Gasteiger partial charge >= 0.3 is 6.18 Å². The third-order valence-corrected chi connectivity index (χ3v) is 29.5. The molecule has 0 radical (unpaired) electrons. The minimum atomic E-state index is -4.61. The van der Waals surface area contributed by atoms with E-state index in [9.17, 15) is 37.1 Å². The molecular weight excluding hydrogens is 2100 g/mol. The van der Waals surface area contributed by atoms with Crippen LogP contribution in [0.5, 0.6) is 0 Å². The van der Waals surface area contributed by atoms with Crippen LogP contribution in [0.4, 0.5) is 70.0 Å². The number of aromatic nitrogens is 16. The number of anilines is 10. The third-order valence-electron chi connectivity index (χ3n) is 27.2. The molecule has 7 fully saturated rings. The largest absolute Gasteiger partial charge is 0.419 e. The van der Waals surface area contributed by atoms with Crippen molar-refractivity contribution >= 4 is 216 Å². The Hall–Kier alpha value is -12.7. The van der Waals surface area contributed by atoms with Gasteiger partial charge < -0.3 is 97.9 Å². The van der Waals surface area contributed by atoms with Crippen molar-refractivity contribution in [3.05, 3.63) is 206 Å². The second kappa shape index (κ2) is 46.1. The number of nitrogens with zero attached hydrogens (tertiary/aromatic N) is 16. The van der Waals surface area contributed by atoms with Gasteiger partial charge in [-0.05, 0) is 207 Å². The van der Waals surface area contributed by atoms with Crippen molar-refractivity contribution < 1.29 is 41.9 Å². The Morgan fingerprint density at radius 3 is 1.22 bits per heavy atom. The van der Waals surface area contributed by atoms with E-state index in [1.54, 1.807) is 72.5 Å². The number of piperidine rings is 5. The van der Waals surface area contributed by atoms with E-state index in [1.807, 2.05) is 55.2 Å². The summed E-state index contributed by atoms with van der Waals surface area (Å²) in [4.78, 5) is 136. The summed E-state index contributed by atoms with van der Waals surface area (Å²) in [6.45, 7) is 14.0. The number of hydrogen-bond acceptors (Lipinski definition) is 25. The van der Waals surface area contributed by atoms with Crippen molar-refractivity contribution in [1.82, 2.24) is 79.7 Å². The minimum absolute atomic E-state index is 0.000305. The number of aromatic amines is 5. The summed E-state index contributed by atoms with van der Waals surface area (Å²) in [5.41, 5.74) is 30.9. The Bertz CT molecular complexity index is 6910. The highest BCUT2D eigenvalue weighted by Gasteiger charge is 2.40. The SMILES string of the molecule is CC(C)CC[C@@H]1CCCN(c2c(Br)cnc3[nH]cc(NC(=O)c4cccnc4)c23)C1.N[C@@H]1CCCN(c2c(Br)cnc3[nH]cc(NC(=O)C4CCOC4)c23)C1.N[C@@H]1CCCN(c2c(Br)cnc3[nH]cc(NC(=O)c4cnc5ccccc5n4)c23)C1.N[C@@H]1CCCN(c2c(C(F)(F)F)cnc3[nH]cc(NC(=O)c4cnccn4)c23)C1.O=C(Nc1c[nH]c2ncc(Br)c(N3CCC[C@@H](CCC4CC4)C3)c12)c1cccnc1. The number of nitrogens with two attached hydrogens (primary N) is 3. The highest BCUT2D eigenvalue weighted by Crippen LogP contribution is 2.48. The first kappa shape index (κ1) is 101. The van der Waals surface area contributed by atoms with Crippen LogP contribution in [0.2, 0.25) is 0 Å². The lowest BCUT2D eigenvalue weighted by Crippen LogP contribution is -2.43. The van der Waals surface area contributed by atoms with Crippen LogP contribution in [0.1, 0.15) is 170 Å². The van der Waals surface area contributed by atoms with Gasteiger partial charge in [0.1, 0.15) is 39.6 Å². The molecule has 144 heavy (non-hydrogen) atoms. The monoisotopic (exact) mass is 2210 g/mol. The molecule has 5 amide bonds. The number of carbonyl (C=O) groups is 5. The number of carbonyl (C=O) groups excluding carboxylic acids is 5. The number of hydrogen-bond donors (Lipinski definition) is 13. The quantitative estimate of drug-likeness (QED) is 0.0318. The fourth-order valence-corrected chi connectivity index (χ4v) is 22.1. The number of H-pyrrole nitrogens is 5. The molecule has 7 aliphatic rings. The molecule has 15 aromatic rings. The van der Waals surface area contributed by atoms with Gasteiger partial charge in [0, 0.05) is 189 Å². The van der Waals surface area contributed by atoms with Gasteiger partial charge in [-0.15, -0.1) is 0 Å². The van der Waals surface area contributed by atoms with E-state index in [0.29, 0.717) is 60.1 Å². The highest BCUT2D eigenvalue weighted by molar-refractivity contribution is 9.11. The van der Waals surface area contributed by atoms with E-state index in [2.05, 4.69) is 203 Å². The average Bonchev–Trinajstić information content (AvgIpc) is 1.56. The summed E-state index contributed by atoms with van der Waals surface area (Å²) in [5, 5.41) is 18.6. The van der Waals surface area contributed by atoms with E-state index in [-0.39, 0.29) is 88.0 Å². The summed E-state index contributed by atoms with van der Waals surface area (Å²) in [5.74, 6) is 1.81. The van der Waals surface area contributed by atoms with Crippen LogP contribution in [0, 0.1) is 29.6 Å².